The van der Waals surface area contributed by atoms with Gasteiger partial charge in [0.2, 0.25) is 11.8 Å². The smallest absolute Gasteiger partial charge is 0.258 e. The molecule has 184 valence electrons. The summed E-state index contributed by atoms with van der Waals surface area (Å²) in [5.41, 5.74) is 8.93. The van der Waals surface area contributed by atoms with Crippen molar-refractivity contribution in [1.29, 1.82) is 0 Å². The van der Waals surface area contributed by atoms with Crippen LogP contribution in [-0.2, 0) is 11.3 Å². The van der Waals surface area contributed by atoms with Crippen LogP contribution in [0.25, 0.3) is 21.9 Å². The zero-order valence-corrected chi connectivity index (χ0v) is 20.0. The number of nitrogens with two attached hydrogens (primary N) is 1. The Labute approximate surface area is 208 Å². The molecular weight excluding hydrogens is 456 g/mol. The number of nitrogens with zero attached hydrogens (tertiary/aromatic N) is 4. The highest BCUT2D eigenvalue weighted by Crippen LogP contribution is 2.28. The molecule has 4 aromatic rings. The van der Waals surface area contributed by atoms with Gasteiger partial charge >= 0.3 is 0 Å². The van der Waals surface area contributed by atoms with E-state index in [0.29, 0.717) is 16.3 Å². The van der Waals surface area contributed by atoms with Crippen LogP contribution in [0.1, 0.15) is 5.56 Å². The number of nitrogens with one attached hydrogen (secondary N) is 1. The Balaban J connectivity index is 1.45. The number of hydrogen-bond donors (Lipinski definition) is 3. The average Bonchev–Trinajstić information content (AvgIpc) is 3.32. The SMILES string of the molecule is CN1CCN(c2ccc(N=Cc3c(O)[nH]c(=O)c4ccc(-c5ccn(CC(N)=O)c5)cc34)cc2)CC1. The first-order valence-corrected chi connectivity index (χ1v) is 11.8. The van der Waals surface area contributed by atoms with Gasteiger partial charge in [0, 0.05) is 61.2 Å². The molecule has 1 amide bonds. The molecule has 1 saturated heterocycles. The Morgan fingerprint density at radius 3 is 2.53 bits per heavy atom. The fourth-order valence-electron chi connectivity index (χ4n) is 4.49. The minimum Gasteiger partial charge on any atom is -0.494 e. The minimum absolute atomic E-state index is 0.0829. The quantitative estimate of drug-likeness (QED) is 0.364. The van der Waals surface area contributed by atoms with Crippen LogP contribution < -0.4 is 16.2 Å². The summed E-state index contributed by atoms with van der Waals surface area (Å²) in [6.07, 6.45) is 5.16. The third-order valence-corrected chi connectivity index (χ3v) is 6.52. The highest BCUT2D eigenvalue weighted by molar-refractivity contribution is 6.03. The van der Waals surface area contributed by atoms with Gasteiger partial charge in [-0.25, -0.2) is 0 Å². The summed E-state index contributed by atoms with van der Waals surface area (Å²) in [5, 5.41) is 11.6. The molecule has 36 heavy (non-hydrogen) atoms. The fourth-order valence-corrected chi connectivity index (χ4v) is 4.49. The van der Waals surface area contributed by atoms with Gasteiger partial charge in [0.1, 0.15) is 6.54 Å². The Hall–Kier alpha value is -4.37. The number of carbonyl (C=O) groups is 1. The van der Waals surface area contributed by atoms with Gasteiger partial charge in [-0.1, -0.05) is 6.07 Å². The summed E-state index contributed by atoms with van der Waals surface area (Å²) < 4.78 is 1.70. The molecule has 0 radical (unpaired) electrons. The van der Waals surface area contributed by atoms with Crippen molar-refractivity contribution in [2.24, 2.45) is 10.7 Å². The van der Waals surface area contributed by atoms with Crippen molar-refractivity contribution < 1.29 is 9.90 Å². The number of H-pyrrole nitrogens is 1. The van der Waals surface area contributed by atoms with Gasteiger partial charge in [-0.05, 0) is 60.6 Å². The second-order valence-electron chi connectivity index (χ2n) is 9.08. The number of anilines is 1. The Morgan fingerprint density at radius 2 is 1.81 bits per heavy atom. The number of aliphatic imine (C=N–C) groups is 1. The molecule has 9 nitrogen and oxygen atoms in total. The van der Waals surface area contributed by atoms with Crippen molar-refractivity contribution in [3.63, 3.8) is 0 Å². The number of pyridine rings is 1. The number of piperazine rings is 1. The second kappa shape index (κ2) is 9.71. The van der Waals surface area contributed by atoms with Gasteiger partial charge in [-0.3, -0.25) is 19.6 Å². The van der Waals surface area contributed by atoms with Gasteiger partial charge in [0.25, 0.3) is 5.56 Å². The van der Waals surface area contributed by atoms with Crippen molar-refractivity contribution in [1.82, 2.24) is 14.5 Å². The lowest BCUT2D eigenvalue weighted by Crippen LogP contribution is -2.44. The molecule has 0 spiro atoms. The van der Waals surface area contributed by atoms with Crippen LogP contribution in [0.3, 0.4) is 0 Å². The van der Waals surface area contributed by atoms with Crippen LogP contribution >= 0.6 is 0 Å². The first-order valence-electron chi connectivity index (χ1n) is 11.8. The third kappa shape index (κ3) is 4.87. The minimum atomic E-state index is -0.429. The number of benzene rings is 2. The maximum absolute atomic E-state index is 12.5. The van der Waals surface area contributed by atoms with Crippen LogP contribution in [-0.4, -0.2) is 64.9 Å². The number of hydrogen-bond acceptors (Lipinski definition) is 6. The number of carbonyl (C=O) groups excluding carboxylic acids is 1. The summed E-state index contributed by atoms with van der Waals surface area (Å²) in [6.45, 7) is 4.14. The van der Waals surface area contributed by atoms with Gasteiger partial charge in [0.15, 0.2) is 0 Å². The predicted octanol–water partition coefficient (Wildman–Crippen LogP) is 2.69. The van der Waals surface area contributed by atoms with E-state index in [1.807, 2.05) is 36.5 Å². The summed E-state index contributed by atoms with van der Waals surface area (Å²) in [6, 6.07) is 15.3. The molecule has 2 aromatic carbocycles. The van der Waals surface area contributed by atoms with E-state index in [9.17, 15) is 14.7 Å². The van der Waals surface area contributed by atoms with E-state index < -0.39 is 5.91 Å². The first kappa shape index (κ1) is 23.4. The summed E-state index contributed by atoms with van der Waals surface area (Å²) in [5.74, 6) is -0.670. The standard InChI is InChI=1S/C27H28N6O3/c1-31-10-12-33(13-11-31)21-5-3-20(4-6-21)29-15-24-23-14-18(2-7-22(23)26(35)30-27(24)36)19-8-9-32(16-19)17-25(28)34/h2-9,14-16H,10-13,17H2,1H3,(H2,28,34)(H2,30,35,36). The van der Waals surface area contributed by atoms with Crippen molar-refractivity contribution in [2.75, 3.05) is 38.1 Å². The molecule has 5 rings (SSSR count). The van der Waals surface area contributed by atoms with E-state index in [0.717, 1.165) is 48.7 Å². The molecule has 3 heterocycles. The van der Waals surface area contributed by atoms with Crippen LogP contribution in [0.5, 0.6) is 5.88 Å². The average molecular weight is 485 g/mol. The fraction of sp³-hybridized carbons (Fsp3) is 0.222. The number of rotatable bonds is 6. The zero-order valence-electron chi connectivity index (χ0n) is 20.0. The lowest BCUT2D eigenvalue weighted by Gasteiger charge is -2.34. The number of primary amides is 1. The first-order chi connectivity index (χ1) is 17.4. The Morgan fingerprint density at radius 1 is 1.06 bits per heavy atom. The largest absolute Gasteiger partial charge is 0.494 e. The molecule has 0 bridgehead atoms. The van der Waals surface area contributed by atoms with E-state index in [1.54, 1.807) is 23.0 Å². The second-order valence-corrected chi connectivity index (χ2v) is 9.08. The van der Waals surface area contributed by atoms with E-state index in [2.05, 4.69) is 39.0 Å². The van der Waals surface area contributed by atoms with Crippen LogP contribution in [0.2, 0.25) is 0 Å². The van der Waals surface area contributed by atoms with E-state index in [1.165, 1.54) is 0 Å². The molecule has 0 atom stereocenters. The highest BCUT2D eigenvalue weighted by Gasteiger charge is 2.14. The predicted molar refractivity (Wildman–Crippen MR) is 142 cm³/mol. The van der Waals surface area contributed by atoms with E-state index in [4.69, 9.17) is 5.73 Å². The monoisotopic (exact) mass is 484 g/mol. The molecule has 2 aromatic heterocycles. The molecule has 0 saturated carbocycles. The van der Waals surface area contributed by atoms with Gasteiger partial charge in [0.05, 0.1) is 11.3 Å². The summed E-state index contributed by atoms with van der Waals surface area (Å²) >= 11 is 0. The summed E-state index contributed by atoms with van der Waals surface area (Å²) in [4.78, 5) is 35.4. The molecule has 1 aliphatic rings. The zero-order chi connectivity index (χ0) is 25.2. The molecular formula is C27H28N6O3. The third-order valence-electron chi connectivity index (χ3n) is 6.52. The lowest BCUT2D eigenvalue weighted by molar-refractivity contribution is -0.118. The molecule has 9 heteroatoms. The number of amides is 1. The Kier molecular flexibility index (Phi) is 6.30. The number of aromatic nitrogens is 2. The normalized spacial score (nSPS) is 14.6. The molecule has 4 N–H and O–H groups in total. The van der Waals surface area contributed by atoms with Gasteiger partial charge in [-0.2, -0.15) is 0 Å². The van der Waals surface area contributed by atoms with Crippen LogP contribution in [0.15, 0.2) is 70.7 Å². The maximum Gasteiger partial charge on any atom is 0.258 e. The highest BCUT2D eigenvalue weighted by atomic mass is 16.3. The lowest BCUT2D eigenvalue weighted by atomic mass is 10.0. The number of aromatic hydroxyl groups is 1. The van der Waals surface area contributed by atoms with Gasteiger partial charge in [-0.15, -0.1) is 0 Å². The van der Waals surface area contributed by atoms with Crippen molar-refractivity contribution in [3.05, 3.63) is 76.8 Å². The number of likely N-dealkylation sites (N-methyl/N-ethyl adjacent to an activating group) is 1. The van der Waals surface area contributed by atoms with Crippen LogP contribution in [0.4, 0.5) is 11.4 Å². The van der Waals surface area contributed by atoms with Crippen molar-refractivity contribution in [2.45, 2.75) is 6.54 Å². The van der Waals surface area contributed by atoms with E-state index >= 15 is 0 Å². The molecule has 0 aliphatic carbocycles. The molecule has 1 aliphatic heterocycles. The van der Waals surface area contributed by atoms with Gasteiger partial charge < -0.3 is 25.2 Å². The Bertz CT molecular complexity index is 1490. The van der Waals surface area contributed by atoms with Crippen molar-refractivity contribution in [3.8, 4) is 17.0 Å². The molecule has 1 fully saturated rings. The van der Waals surface area contributed by atoms with E-state index in [-0.39, 0.29) is 18.0 Å². The topological polar surface area (TPSA) is 120 Å². The van der Waals surface area contributed by atoms with Crippen molar-refractivity contribution >= 4 is 34.3 Å². The van der Waals surface area contributed by atoms with Crippen LogP contribution in [0, 0.1) is 0 Å². The maximum atomic E-state index is 12.5. The number of fused-ring (bicyclic) bond motifs is 1. The number of aromatic amines is 1. The summed E-state index contributed by atoms with van der Waals surface area (Å²) in [7, 11) is 2.13. The molecule has 0 unspecified atom stereocenters.